The van der Waals surface area contributed by atoms with Gasteiger partial charge < -0.3 is 10.2 Å². The van der Waals surface area contributed by atoms with E-state index in [2.05, 4.69) is 5.32 Å². The van der Waals surface area contributed by atoms with Crippen molar-refractivity contribution in [2.75, 3.05) is 5.32 Å². The van der Waals surface area contributed by atoms with Crippen molar-refractivity contribution in [3.8, 4) is 0 Å². The summed E-state index contributed by atoms with van der Waals surface area (Å²) in [5.74, 6) is -1.40. The maximum atomic E-state index is 13.3. The molecule has 0 radical (unpaired) electrons. The first-order valence-electron chi connectivity index (χ1n) is 8.11. The minimum atomic E-state index is -0.974. The second-order valence-corrected chi connectivity index (χ2v) is 6.25. The molecule has 0 saturated heterocycles. The molecular formula is C19H20F2N2O. The SMILES string of the molecule is CC(C1CC1)N(Cc1ccccc1)C(=O)Nc1ccc(F)c(F)c1. The first-order valence-corrected chi connectivity index (χ1v) is 8.11. The first-order chi connectivity index (χ1) is 11.5. The zero-order valence-electron chi connectivity index (χ0n) is 13.5. The zero-order chi connectivity index (χ0) is 17.1. The summed E-state index contributed by atoms with van der Waals surface area (Å²) in [7, 11) is 0. The van der Waals surface area contributed by atoms with Gasteiger partial charge in [-0.05, 0) is 43.4 Å². The Balaban J connectivity index is 1.76. The third-order valence-electron chi connectivity index (χ3n) is 4.42. The van der Waals surface area contributed by atoms with Gasteiger partial charge in [-0.1, -0.05) is 30.3 Å². The third kappa shape index (κ3) is 3.91. The maximum Gasteiger partial charge on any atom is 0.322 e. The lowest BCUT2D eigenvalue weighted by Crippen LogP contribution is -2.42. The quantitative estimate of drug-likeness (QED) is 0.839. The topological polar surface area (TPSA) is 32.3 Å². The van der Waals surface area contributed by atoms with E-state index in [1.54, 1.807) is 4.90 Å². The number of halogens is 2. The Labute approximate surface area is 140 Å². The summed E-state index contributed by atoms with van der Waals surface area (Å²) >= 11 is 0. The van der Waals surface area contributed by atoms with Crippen LogP contribution in [-0.2, 0) is 6.54 Å². The minimum Gasteiger partial charge on any atom is -0.317 e. The summed E-state index contributed by atoms with van der Waals surface area (Å²) in [6.45, 7) is 2.51. The lowest BCUT2D eigenvalue weighted by Gasteiger charge is -2.29. The van der Waals surface area contributed by atoms with Crippen molar-refractivity contribution in [1.82, 2.24) is 4.90 Å². The molecule has 1 saturated carbocycles. The molecule has 1 fully saturated rings. The van der Waals surface area contributed by atoms with E-state index in [-0.39, 0.29) is 17.8 Å². The van der Waals surface area contributed by atoms with Crippen molar-refractivity contribution in [2.45, 2.75) is 32.4 Å². The Kier molecular flexibility index (Phi) is 4.79. The van der Waals surface area contributed by atoms with Gasteiger partial charge in [-0.2, -0.15) is 0 Å². The fourth-order valence-electron chi connectivity index (χ4n) is 2.78. The number of rotatable bonds is 5. The molecule has 3 rings (SSSR count). The van der Waals surface area contributed by atoms with Gasteiger partial charge >= 0.3 is 6.03 Å². The lowest BCUT2D eigenvalue weighted by atomic mass is 10.1. The molecule has 0 heterocycles. The van der Waals surface area contributed by atoms with Crippen molar-refractivity contribution >= 4 is 11.7 Å². The van der Waals surface area contributed by atoms with E-state index < -0.39 is 11.6 Å². The molecule has 24 heavy (non-hydrogen) atoms. The fourth-order valence-corrected chi connectivity index (χ4v) is 2.78. The molecule has 2 aromatic rings. The number of nitrogens with zero attached hydrogens (tertiary/aromatic N) is 1. The van der Waals surface area contributed by atoms with Gasteiger partial charge in [0.05, 0.1) is 0 Å². The molecule has 2 aromatic carbocycles. The third-order valence-corrected chi connectivity index (χ3v) is 4.42. The summed E-state index contributed by atoms with van der Waals surface area (Å²) < 4.78 is 26.4. The number of nitrogens with one attached hydrogen (secondary N) is 1. The van der Waals surface area contributed by atoms with Crippen LogP contribution >= 0.6 is 0 Å². The molecule has 1 N–H and O–H groups in total. The molecule has 0 spiro atoms. The van der Waals surface area contributed by atoms with E-state index in [0.29, 0.717) is 12.5 Å². The molecule has 126 valence electrons. The van der Waals surface area contributed by atoms with Crippen molar-refractivity contribution in [3.05, 3.63) is 65.7 Å². The molecule has 0 aliphatic heterocycles. The second kappa shape index (κ2) is 6.99. The molecule has 1 aliphatic carbocycles. The number of carbonyl (C=O) groups excluding carboxylic acids is 1. The van der Waals surface area contributed by atoms with Gasteiger partial charge in [0, 0.05) is 24.3 Å². The highest BCUT2D eigenvalue weighted by Crippen LogP contribution is 2.36. The summed E-state index contributed by atoms with van der Waals surface area (Å²) in [6.07, 6.45) is 2.23. The van der Waals surface area contributed by atoms with Crippen LogP contribution in [0.4, 0.5) is 19.3 Å². The highest BCUT2D eigenvalue weighted by molar-refractivity contribution is 5.89. The van der Waals surface area contributed by atoms with Crippen molar-refractivity contribution in [2.24, 2.45) is 5.92 Å². The standard InChI is InChI=1S/C19H20F2N2O/c1-13(15-7-8-15)23(12-14-5-3-2-4-6-14)19(24)22-16-9-10-17(20)18(21)11-16/h2-6,9-11,13,15H,7-8,12H2,1H3,(H,22,24). The maximum absolute atomic E-state index is 13.3. The van der Waals surface area contributed by atoms with E-state index in [0.717, 1.165) is 30.5 Å². The van der Waals surface area contributed by atoms with Crippen LogP contribution in [0.15, 0.2) is 48.5 Å². The van der Waals surface area contributed by atoms with Crippen LogP contribution in [-0.4, -0.2) is 17.0 Å². The average molecular weight is 330 g/mol. The van der Waals surface area contributed by atoms with Gasteiger partial charge in [0.25, 0.3) is 0 Å². The lowest BCUT2D eigenvalue weighted by molar-refractivity contribution is 0.181. The average Bonchev–Trinajstić information content (AvgIpc) is 3.41. The van der Waals surface area contributed by atoms with E-state index in [1.807, 2.05) is 37.3 Å². The van der Waals surface area contributed by atoms with Gasteiger partial charge in [0.15, 0.2) is 11.6 Å². The Morgan fingerprint density at radius 1 is 1.17 bits per heavy atom. The summed E-state index contributed by atoms with van der Waals surface area (Å²) in [5.41, 5.74) is 1.28. The highest BCUT2D eigenvalue weighted by Gasteiger charge is 2.34. The molecule has 0 aromatic heterocycles. The molecule has 3 nitrogen and oxygen atoms in total. The fraction of sp³-hybridized carbons (Fsp3) is 0.316. The molecular weight excluding hydrogens is 310 g/mol. The highest BCUT2D eigenvalue weighted by atomic mass is 19.2. The number of hydrogen-bond acceptors (Lipinski definition) is 1. The van der Waals surface area contributed by atoms with E-state index in [9.17, 15) is 13.6 Å². The monoisotopic (exact) mass is 330 g/mol. The molecule has 2 amide bonds. The smallest absolute Gasteiger partial charge is 0.317 e. The van der Waals surface area contributed by atoms with Crippen LogP contribution in [0.2, 0.25) is 0 Å². The van der Waals surface area contributed by atoms with Crippen LogP contribution in [0.5, 0.6) is 0 Å². The van der Waals surface area contributed by atoms with E-state index >= 15 is 0 Å². The summed E-state index contributed by atoms with van der Waals surface area (Å²) in [5, 5.41) is 2.67. The first kappa shape index (κ1) is 16.4. The van der Waals surface area contributed by atoms with Crippen molar-refractivity contribution in [1.29, 1.82) is 0 Å². The molecule has 5 heteroatoms. The number of hydrogen-bond donors (Lipinski definition) is 1. The van der Waals surface area contributed by atoms with E-state index in [1.165, 1.54) is 6.07 Å². The van der Waals surface area contributed by atoms with Crippen LogP contribution in [0, 0.1) is 17.6 Å². The number of benzene rings is 2. The van der Waals surface area contributed by atoms with Gasteiger partial charge in [0.1, 0.15) is 0 Å². The summed E-state index contributed by atoms with van der Waals surface area (Å²) in [6, 6.07) is 12.9. The normalized spacial score (nSPS) is 15.0. The Hall–Kier alpha value is -2.43. The molecule has 0 bridgehead atoms. The van der Waals surface area contributed by atoms with E-state index in [4.69, 9.17) is 0 Å². The van der Waals surface area contributed by atoms with Gasteiger partial charge in [0.2, 0.25) is 0 Å². The van der Waals surface area contributed by atoms with Gasteiger partial charge in [-0.25, -0.2) is 13.6 Å². The van der Waals surface area contributed by atoms with Crippen LogP contribution in [0.3, 0.4) is 0 Å². The predicted octanol–water partition coefficient (Wildman–Crippen LogP) is 4.80. The Morgan fingerprint density at radius 3 is 2.50 bits per heavy atom. The Bertz CT molecular complexity index is 717. The molecule has 1 aliphatic rings. The molecule has 1 atom stereocenters. The van der Waals surface area contributed by atoms with Crippen LogP contribution in [0.25, 0.3) is 0 Å². The minimum absolute atomic E-state index is 0.0931. The zero-order valence-corrected chi connectivity index (χ0v) is 13.5. The second-order valence-electron chi connectivity index (χ2n) is 6.25. The van der Waals surface area contributed by atoms with Crippen molar-refractivity contribution < 1.29 is 13.6 Å². The Morgan fingerprint density at radius 2 is 1.88 bits per heavy atom. The number of anilines is 1. The van der Waals surface area contributed by atoms with Crippen molar-refractivity contribution in [3.63, 3.8) is 0 Å². The largest absolute Gasteiger partial charge is 0.322 e. The van der Waals surface area contributed by atoms with Crippen LogP contribution in [0.1, 0.15) is 25.3 Å². The number of carbonyl (C=O) groups is 1. The number of amides is 2. The summed E-state index contributed by atoms with van der Waals surface area (Å²) in [4.78, 5) is 14.4. The van der Waals surface area contributed by atoms with Gasteiger partial charge in [-0.15, -0.1) is 0 Å². The van der Waals surface area contributed by atoms with Gasteiger partial charge in [-0.3, -0.25) is 0 Å². The predicted molar refractivity (Wildman–Crippen MR) is 89.5 cm³/mol. The number of urea groups is 1. The molecule has 1 unspecified atom stereocenters. The van der Waals surface area contributed by atoms with Crippen LogP contribution < -0.4 is 5.32 Å².